The van der Waals surface area contributed by atoms with Crippen molar-refractivity contribution in [3.8, 4) is 0 Å². The van der Waals surface area contributed by atoms with E-state index in [0.29, 0.717) is 21.0 Å². The lowest BCUT2D eigenvalue weighted by atomic mass is 10.1. The SMILES string of the molecule is CN(CCO)C(=O)c1nn(C(C)(C)C)c2nc(NC(=O)c3ccccc3)sc12. The first-order chi connectivity index (χ1) is 13.2. The highest BCUT2D eigenvalue weighted by atomic mass is 32.1. The zero-order valence-electron chi connectivity index (χ0n) is 16.3. The molecular formula is C19H23N5O3S. The molecule has 0 unspecified atom stereocenters. The first-order valence-corrected chi connectivity index (χ1v) is 9.66. The van der Waals surface area contributed by atoms with Crippen LogP contribution in [-0.2, 0) is 5.54 Å². The summed E-state index contributed by atoms with van der Waals surface area (Å²) in [4.78, 5) is 31.1. The molecule has 8 nitrogen and oxygen atoms in total. The summed E-state index contributed by atoms with van der Waals surface area (Å²) in [5.74, 6) is -0.566. The van der Waals surface area contributed by atoms with E-state index in [1.54, 1.807) is 36.0 Å². The van der Waals surface area contributed by atoms with Gasteiger partial charge in [0.05, 0.1) is 12.1 Å². The first-order valence-electron chi connectivity index (χ1n) is 8.85. The second kappa shape index (κ2) is 7.69. The van der Waals surface area contributed by atoms with Gasteiger partial charge in [0.15, 0.2) is 16.5 Å². The second-order valence-electron chi connectivity index (χ2n) is 7.37. The fraction of sp³-hybridized carbons (Fsp3) is 0.368. The van der Waals surface area contributed by atoms with Crippen LogP contribution in [0.15, 0.2) is 30.3 Å². The van der Waals surface area contributed by atoms with Gasteiger partial charge in [0.2, 0.25) is 0 Å². The molecule has 3 aromatic rings. The van der Waals surface area contributed by atoms with Gasteiger partial charge in [-0.05, 0) is 32.9 Å². The Balaban J connectivity index is 2.01. The van der Waals surface area contributed by atoms with E-state index in [2.05, 4.69) is 15.4 Å². The van der Waals surface area contributed by atoms with Gasteiger partial charge in [0.1, 0.15) is 4.70 Å². The summed E-state index contributed by atoms with van der Waals surface area (Å²) in [5, 5.41) is 16.8. The van der Waals surface area contributed by atoms with E-state index in [1.807, 2.05) is 26.8 Å². The van der Waals surface area contributed by atoms with Crippen molar-refractivity contribution in [2.24, 2.45) is 0 Å². The molecule has 0 saturated carbocycles. The smallest absolute Gasteiger partial charge is 0.275 e. The predicted molar refractivity (Wildman–Crippen MR) is 109 cm³/mol. The van der Waals surface area contributed by atoms with Gasteiger partial charge in [0, 0.05) is 19.2 Å². The van der Waals surface area contributed by atoms with Crippen LogP contribution in [-0.4, -0.2) is 56.8 Å². The molecule has 0 spiro atoms. The lowest BCUT2D eigenvalue weighted by Crippen LogP contribution is -2.30. The zero-order chi connectivity index (χ0) is 20.5. The molecule has 2 heterocycles. The van der Waals surface area contributed by atoms with Crippen molar-refractivity contribution in [1.82, 2.24) is 19.7 Å². The molecule has 0 saturated heterocycles. The Kier molecular flexibility index (Phi) is 5.48. The van der Waals surface area contributed by atoms with Gasteiger partial charge in [-0.2, -0.15) is 10.1 Å². The highest BCUT2D eigenvalue weighted by molar-refractivity contribution is 7.22. The Bertz CT molecular complexity index is 1000. The van der Waals surface area contributed by atoms with Crippen LogP contribution in [0.3, 0.4) is 0 Å². The van der Waals surface area contributed by atoms with Gasteiger partial charge < -0.3 is 10.0 Å². The number of rotatable bonds is 5. The lowest BCUT2D eigenvalue weighted by molar-refractivity contribution is 0.0761. The van der Waals surface area contributed by atoms with Crippen molar-refractivity contribution < 1.29 is 14.7 Å². The summed E-state index contributed by atoms with van der Waals surface area (Å²) in [7, 11) is 1.61. The molecule has 9 heteroatoms. The number of likely N-dealkylation sites (N-methyl/N-ethyl adjacent to an activating group) is 1. The van der Waals surface area contributed by atoms with Gasteiger partial charge in [-0.15, -0.1) is 0 Å². The Morgan fingerprint density at radius 1 is 1.25 bits per heavy atom. The molecule has 148 valence electrons. The number of thiazole rings is 1. The molecule has 28 heavy (non-hydrogen) atoms. The number of benzene rings is 1. The molecule has 0 aliphatic rings. The van der Waals surface area contributed by atoms with E-state index in [4.69, 9.17) is 5.11 Å². The van der Waals surface area contributed by atoms with Crippen LogP contribution < -0.4 is 5.32 Å². The molecule has 0 radical (unpaired) electrons. The van der Waals surface area contributed by atoms with Crippen molar-refractivity contribution in [1.29, 1.82) is 0 Å². The number of hydrogen-bond donors (Lipinski definition) is 2. The number of nitrogens with zero attached hydrogens (tertiary/aromatic N) is 4. The maximum atomic E-state index is 12.8. The molecule has 2 aromatic heterocycles. The molecule has 0 atom stereocenters. The van der Waals surface area contributed by atoms with Crippen molar-refractivity contribution in [2.75, 3.05) is 25.5 Å². The maximum absolute atomic E-state index is 12.8. The molecule has 2 N–H and O–H groups in total. The van der Waals surface area contributed by atoms with Crippen molar-refractivity contribution in [3.63, 3.8) is 0 Å². The van der Waals surface area contributed by atoms with Gasteiger partial charge >= 0.3 is 0 Å². The third kappa shape index (κ3) is 3.90. The summed E-state index contributed by atoms with van der Waals surface area (Å²) >= 11 is 1.21. The number of aliphatic hydroxyl groups is 1. The van der Waals surface area contributed by atoms with Crippen LogP contribution in [0.5, 0.6) is 0 Å². The number of carbonyl (C=O) groups excluding carboxylic acids is 2. The van der Waals surface area contributed by atoms with Crippen LogP contribution in [0.1, 0.15) is 41.6 Å². The molecule has 0 fully saturated rings. The van der Waals surface area contributed by atoms with E-state index in [9.17, 15) is 9.59 Å². The standard InChI is InChI=1S/C19H23N5O3S/c1-19(2,3)24-15-14(13(22-24)17(27)23(4)10-11-25)28-18(20-15)21-16(26)12-8-6-5-7-9-12/h5-9,25H,10-11H2,1-4H3,(H,20,21,26). The van der Waals surface area contributed by atoms with Gasteiger partial charge in [-0.3, -0.25) is 14.9 Å². The summed E-state index contributed by atoms with van der Waals surface area (Å²) in [6, 6.07) is 8.86. The quantitative estimate of drug-likeness (QED) is 0.684. The minimum atomic E-state index is -0.402. The largest absolute Gasteiger partial charge is 0.395 e. The Morgan fingerprint density at radius 3 is 2.54 bits per heavy atom. The van der Waals surface area contributed by atoms with E-state index < -0.39 is 5.54 Å². The predicted octanol–water partition coefficient (Wildman–Crippen LogP) is 2.56. The number of hydrogen-bond acceptors (Lipinski definition) is 6. The average Bonchev–Trinajstić information content (AvgIpc) is 3.20. The number of fused-ring (bicyclic) bond motifs is 1. The Hall–Kier alpha value is -2.78. The number of carbonyl (C=O) groups is 2. The Labute approximate surface area is 166 Å². The summed E-state index contributed by atoms with van der Waals surface area (Å²) < 4.78 is 2.30. The third-order valence-corrected chi connectivity index (χ3v) is 5.07. The Morgan fingerprint density at radius 2 is 1.93 bits per heavy atom. The molecular weight excluding hydrogens is 378 g/mol. The van der Waals surface area contributed by atoms with E-state index in [0.717, 1.165) is 0 Å². The summed E-state index contributed by atoms with van der Waals surface area (Å²) in [5.41, 5.74) is 0.930. The second-order valence-corrected chi connectivity index (χ2v) is 8.37. The van der Waals surface area contributed by atoms with E-state index >= 15 is 0 Å². The fourth-order valence-electron chi connectivity index (χ4n) is 2.65. The average molecular weight is 401 g/mol. The maximum Gasteiger partial charge on any atom is 0.275 e. The van der Waals surface area contributed by atoms with Crippen molar-refractivity contribution in [3.05, 3.63) is 41.6 Å². The van der Waals surface area contributed by atoms with Crippen molar-refractivity contribution >= 4 is 38.6 Å². The normalized spacial score (nSPS) is 11.6. The van der Waals surface area contributed by atoms with Crippen LogP contribution in [0.2, 0.25) is 0 Å². The molecule has 0 aliphatic carbocycles. The van der Waals surface area contributed by atoms with Gasteiger partial charge in [-0.1, -0.05) is 29.5 Å². The van der Waals surface area contributed by atoms with E-state index in [1.165, 1.54) is 16.2 Å². The first kappa shape index (κ1) is 20.0. The number of aliphatic hydroxyl groups excluding tert-OH is 1. The van der Waals surface area contributed by atoms with Crippen LogP contribution in [0.4, 0.5) is 5.13 Å². The van der Waals surface area contributed by atoms with Crippen LogP contribution >= 0.6 is 11.3 Å². The molecule has 2 amide bonds. The van der Waals surface area contributed by atoms with Crippen LogP contribution in [0, 0.1) is 0 Å². The molecule has 3 rings (SSSR count). The van der Waals surface area contributed by atoms with Gasteiger partial charge in [0.25, 0.3) is 11.8 Å². The van der Waals surface area contributed by atoms with E-state index in [-0.39, 0.29) is 30.7 Å². The molecule has 0 aliphatic heterocycles. The minimum Gasteiger partial charge on any atom is -0.395 e. The number of nitrogens with one attached hydrogen (secondary N) is 1. The zero-order valence-corrected chi connectivity index (χ0v) is 17.1. The number of aromatic nitrogens is 3. The number of anilines is 1. The molecule has 0 bridgehead atoms. The molecule has 1 aromatic carbocycles. The van der Waals surface area contributed by atoms with Crippen LogP contribution in [0.25, 0.3) is 10.3 Å². The highest BCUT2D eigenvalue weighted by Crippen LogP contribution is 2.32. The number of amides is 2. The minimum absolute atomic E-state index is 0.133. The fourth-order valence-corrected chi connectivity index (χ4v) is 3.57. The van der Waals surface area contributed by atoms with Gasteiger partial charge in [-0.25, -0.2) is 4.68 Å². The topological polar surface area (TPSA) is 100 Å². The summed E-state index contributed by atoms with van der Waals surface area (Å²) in [6.45, 7) is 5.97. The third-order valence-electron chi connectivity index (χ3n) is 4.10. The summed E-state index contributed by atoms with van der Waals surface area (Å²) in [6.07, 6.45) is 0. The van der Waals surface area contributed by atoms with Crippen molar-refractivity contribution in [2.45, 2.75) is 26.3 Å². The monoisotopic (exact) mass is 401 g/mol. The highest BCUT2D eigenvalue weighted by Gasteiger charge is 2.28. The lowest BCUT2D eigenvalue weighted by Gasteiger charge is -2.19.